The molecule has 2 aliphatic rings. The molecule has 0 bridgehead atoms. The number of para-hydroxylation sites is 1. The van der Waals surface area contributed by atoms with E-state index in [9.17, 15) is 0 Å². The molecule has 0 aromatic heterocycles. The van der Waals surface area contributed by atoms with E-state index in [4.69, 9.17) is 5.73 Å². The second-order valence-electron chi connectivity index (χ2n) is 6.36. The fourth-order valence-corrected chi connectivity index (χ4v) is 4.10. The van der Waals surface area contributed by atoms with E-state index in [-0.39, 0.29) is 11.5 Å². The van der Waals surface area contributed by atoms with Crippen molar-refractivity contribution < 1.29 is 0 Å². The van der Waals surface area contributed by atoms with Crippen molar-refractivity contribution in [3.05, 3.63) is 29.8 Å². The lowest BCUT2D eigenvalue weighted by atomic mass is 9.73. The van der Waals surface area contributed by atoms with E-state index in [1.165, 1.54) is 62.9 Å². The maximum Gasteiger partial charge on any atom is 0.0405 e. The zero-order valence-electron chi connectivity index (χ0n) is 12.1. The molecule has 1 aromatic rings. The predicted octanol–water partition coefficient (Wildman–Crippen LogP) is 3.45. The van der Waals surface area contributed by atoms with Gasteiger partial charge in [-0.25, -0.2) is 0 Å². The number of anilines is 1. The lowest BCUT2D eigenvalue weighted by Gasteiger charge is -2.37. The van der Waals surface area contributed by atoms with Crippen LogP contribution in [0.4, 0.5) is 5.69 Å². The van der Waals surface area contributed by atoms with E-state index in [0.29, 0.717) is 0 Å². The molecule has 1 heterocycles. The second-order valence-corrected chi connectivity index (χ2v) is 6.36. The molecule has 1 aromatic carbocycles. The molecule has 1 saturated heterocycles. The minimum absolute atomic E-state index is 0.221. The third kappa shape index (κ3) is 2.16. The van der Waals surface area contributed by atoms with E-state index in [1.807, 2.05) is 0 Å². The molecular formula is C17H26N2. The summed E-state index contributed by atoms with van der Waals surface area (Å²) in [6.07, 6.45) is 7.84. The smallest absolute Gasteiger partial charge is 0.0405 e. The first kappa shape index (κ1) is 13.0. The number of hydrogen-bond donors (Lipinski definition) is 1. The fraction of sp³-hybridized carbons (Fsp3) is 0.647. The highest BCUT2D eigenvalue weighted by molar-refractivity contribution is 5.58. The van der Waals surface area contributed by atoms with Crippen LogP contribution in [0.15, 0.2) is 24.3 Å². The molecule has 2 N–H and O–H groups in total. The van der Waals surface area contributed by atoms with Gasteiger partial charge in [0.2, 0.25) is 0 Å². The summed E-state index contributed by atoms with van der Waals surface area (Å²) in [6.45, 7) is 4.63. The lowest BCUT2D eigenvalue weighted by molar-refractivity contribution is 0.369. The maximum absolute atomic E-state index is 6.41. The summed E-state index contributed by atoms with van der Waals surface area (Å²) in [5.74, 6) is 0. The van der Waals surface area contributed by atoms with Gasteiger partial charge in [-0.1, -0.05) is 31.0 Å². The first-order chi connectivity index (χ1) is 9.24. The van der Waals surface area contributed by atoms with Crippen molar-refractivity contribution in [2.75, 3.05) is 18.0 Å². The molecular weight excluding hydrogens is 232 g/mol. The van der Waals surface area contributed by atoms with Crippen molar-refractivity contribution in [2.24, 2.45) is 5.73 Å². The Bertz CT molecular complexity index is 427. The lowest BCUT2D eigenvalue weighted by Crippen LogP contribution is -2.42. The summed E-state index contributed by atoms with van der Waals surface area (Å²) < 4.78 is 0. The summed E-state index contributed by atoms with van der Waals surface area (Å²) in [7, 11) is 0. The van der Waals surface area contributed by atoms with E-state index in [1.54, 1.807) is 0 Å². The normalized spacial score (nSPS) is 23.8. The van der Waals surface area contributed by atoms with Gasteiger partial charge >= 0.3 is 0 Å². The molecule has 1 aliphatic carbocycles. The Morgan fingerprint density at radius 1 is 1.05 bits per heavy atom. The second kappa shape index (κ2) is 5.16. The average molecular weight is 258 g/mol. The van der Waals surface area contributed by atoms with Crippen LogP contribution in [-0.4, -0.2) is 19.1 Å². The molecule has 0 radical (unpaired) electrons. The molecule has 3 rings (SSSR count). The van der Waals surface area contributed by atoms with E-state index >= 15 is 0 Å². The summed E-state index contributed by atoms with van der Waals surface area (Å²) in [4.78, 5) is 2.57. The monoisotopic (exact) mass is 258 g/mol. The van der Waals surface area contributed by atoms with Crippen LogP contribution in [0, 0.1) is 0 Å². The molecule has 1 unspecified atom stereocenters. The maximum atomic E-state index is 6.41. The summed E-state index contributed by atoms with van der Waals surface area (Å²) in [6, 6.07) is 9.27. The molecule has 0 spiro atoms. The van der Waals surface area contributed by atoms with Crippen molar-refractivity contribution in [1.82, 2.24) is 0 Å². The van der Waals surface area contributed by atoms with E-state index in [0.717, 1.165) is 0 Å². The topological polar surface area (TPSA) is 29.3 Å². The van der Waals surface area contributed by atoms with E-state index in [2.05, 4.69) is 36.1 Å². The van der Waals surface area contributed by atoms with Gasteiger partial charge in [-0.05, 0) is 44.2 Å². The summed E-state index contributed by atoms with van der Waals surface area (Å²) in [5.41, 5.74) is 9.61. The molecule has 19 heavy (non-hydrogen) atoms. The Labute approximate surface area is 117 Å². The Morgan fingerprint density at radius 3 is 2.32 bits per heavy atom. The predicted molar refractivity (Wildman–Crippen MR) is 81.7 cm³/mol. The molecule has 2 nitrogen and oxygen atoms in total. The van der Waals surface area contributed by atoms with Crippen LogP contribution < -0.4 is 10.6 Å². The SMILES string of the molecule is CC(N)C1(c2ccccc2N2CCCC2)CCCC1. The minimum atomic E-state index is 0.221. The first-order valence-corrected chi connectivity index (χ1v) is 7.84. The number of hydrogen-bond acceptors (Lipinski definition) is 2. The van der Waals surface area contributed by atoms with Crippen molar-refractivity contribution >= 4 is 5.69 Å². The number of nitrogens with two attached hydrogens (primary N) is 1. The number of rotatable bonds is 3. The van der Waals surface area contributed by atoms with Gasteiger partial charge in [-0.15, -0.1) is 0 Å². The largest absolute Gasteiger partial charge is 0.371 e. The zero-order valence-corrected chi connectivity index (χ0v) is 12.1. The van der Waals surface area contributed by atoms with Gasteiger partial charge in [0.1, 0.15) is 0 Å². The highest BCUT2D eigenvalue weighted by Gasteiger charge is 2.41. The molecule has 104 valence electrons. The number of benzene rings is 1. The molecule has 0 amide bonds. The summed E-state index contributed by atoms with van der Waals surface area (Å²) in [5, 5.41) is 0. The molecule has 2 heteroatoms. The standard InChI is InChI=1S/C17H26N2/c1-14(18)17(10-4-5-11-17)15-8-2-3-9-16(15)19-12-6-7-13-19/h2-3,8-9,14H,4-7,10-13,18H2,1H3. The summed E-state index contributed by atoms with van der Waals surface area (Å²) >= 11 is 0. The van der Waals surface area contributed by atoms with Crippen LogP contribution in [0.2, 0.25) is 0 Å². The minimum Gasteiger partial charge on any atom is -0.371 e. The average Bonchev–Trinajstić information content (AvgIpc) is 3.11. The van der Waals surface area contributed by atoms with Gasteiger partial charge in [0.05, 0.1) is 0 Å². The van der Waals surface area contributed by atoms with Gasteiger partial charge in [-0.3, -0.25) is 0 Å². The fourth-order valence-electron chi connectivity index (χ4n) is 4.10. The van der Waals surface area contributed by atoms with Crippen LogP contribution in [0.5, 0.6) is 0 Å². The van der Waals surface area contributed by atoms with Gasteiger partial charge < -0.3 is 10.6 Å². The molecule has 1 atom stereocenters. The highest BCUT2D eigenvalue weighted by Crippen LogP contribution is 2.46. The van der Waals surface area contributed by atoms with Crippen molar-refractivity contribution in [1.29, 1.82) is 0 Å². The Morgan fingerprint density at radius 2 is 1.68 bits per heavy atom. The highest BCUT2D eigenvalue weighted by atomic mass is 15.1. The molecule has 1 saturated carbocycles. The van der Waals surface area contributed by atoms with E-state index < -0.39 is 0 Å². The van der Waals surface area contributed by atoms with Crippen molar-refractivity contribution in [3.8, 4) is 0 Å². The third-order valence-corrected chi connectivity index (χ3v) is 5.25. The van der Waals surface area contributed by atoms with Crippen LogP contribution in [0.25, 0.3) is 0 Å². The first-order valence-electron chi connectivity index (χ1n) is 7.84. The van der Waals surface area contributed by atoms with Gasteiger partial charge in [0.15, 0.2) is 0 Å². The van der Waals surface area contributed by atoms with Crippen LogP contribution >= 0.6 is 0 Å². The number of nitrogens with zero attached hydrogens (tertiary/aromatic N) is 1. The van der Waals surface area contributed by atoms with Gasteiger partial charge in [-0.2, -0.15) is 0 Å². The third-order valence-electron chi connectivity index (χ3n) is 5.25. The van der Waals surface area contributed by atoms with Crippen LogP contribution in [0.3, 0.4) is 0 Å². The van der Waals surface area contributed by atoms with Crippen molar-refractivity contribution in [2.45, 2.75) is 56.9 Å². The van der Waals surface area contributed by atoms with Crippen LogP contribution in [-0.2, 0) is 5.41 Å². The molecule has 2 fully saturated rings. The van der Waals surface area contributed by atoms with Crippen LogP contribution in [0.1, 0.15) is 51.0 Å². The van der Waals surface area contributed by atoms with Gasteiger partial charge in [0.25, 0.3) is 0 Å². The Balaban J connectivity index is 2.03. The zero-order chi connectivity index (χ0) is 13.3. The Hall–Kier alpha value is -1.02. The quantitative estimate of drug-likeness (QED) is 0.900. The van der Waals surface area contributed by atoms with Gasteiger partial charge in [0, 0.05) is 30.2 Å². The molecule has 1 aliphatic heterocycles. The Kier molecular flexibility index (Phi) is 3.53. The van der Waals surface area contributed by atoms with Crippen molar-refractivity contribution in [3.63, 3.8) is 0 Å².